The van der Waals surface area contributed by atoms with E-state index in [1.165, 1.54) is 6.04 Å². The van der Waals surface area contributed by atoms with E-state index in [0.29, 0.717) is 0 Å². The first-order valence-electron chi connectivity index (χ1n) is 4.65. The lowest BCUT2D eigenvalue weighted by Gasteiger charge is -2.23. The van der Waals surface area contributed by atoms with Gasteiger partial charge in [0, 0.05) is 5.69 Å². The maximum atomic E-state index is 5.91. The van der Waals surface area contributed by atoms with Crippen LogP contribution < -0.4 is 5.73 Å². The van der Waals surface area contributed by atoms with Crippen LogP contribution in [0.5, 0.6) is 0 Å². The Morgan fingerprint density at radius 3 is 2.57 bits per heavy atom. The minimum absolute atomic E-state index is 0.818. The molecule has 1 aromatic carbocycles. The molecule has 14 heavy (non-hydrogen) atoms. The fourth-order valence-electron chi connectivity index (χ4n) is 1.43. The molecule has 0 heterocycles. The zero-order chi connectivity index (χ0) is 10.6. The maximum absolute atomic E-state index is 5.91. The molecule has 0 aromatic heterocycles. The van der Waals surface area contributed by atoms with Crippen LogP contribution in [0.15, 0.2) is 36.9 Å². The number of nitrogen functional groups attached to an aromatic ring is 1. The minimum Gasteiger partial charge on any atom is -0.398 e. The summed E-state index contributed by atoms with van der Waals surface area (Å²) in [6.45, 7) is 3.75. The Morgan fingerprint density at radius 1 is 1.43 bits per heavy atom. The summed E-state index contributed by atoms with van der Waals surface area (Å²) in [6, 6.07) is 9.09. The molecule has 2 heteroatoms. The number of benzene rings is 1. The summed E-state index contributed by atoms with van der Waals surface area (Å²) in [6.07, 6.45) is 2.73. The number of nitrogens with zero attached hydrogens (tertiary/aromatic N) is 1. The van der Waals surface area contributed by atoms with Gasteiger partial charge in [0.15, 0.2) is 0 Å². The predicted molar refractivity (Wildman–Crippen MR) is 61.7 cm³/mol. The largest absolute Gasteiger partial charge is 0.398 e. The third kappa shape index (κ3) is 2.36. The van der Waals surface area contributed by atoms with E-state index in [1.807, 2.05) is 44.4 Å². The maximum Gasteiger partial charge on any atom is 0.0742 e. The van der Waals surface area contributed by atoms with Crippen LogP contribution in [0, 0.1) is 6.04 Å². The van der Waals surface area contributed by atoms with Crippen LogP contribution in [0.25, 0.3) is 0 Å². The van der Waals surface area contributed by atoms with Crippen molar-refractivity contribution >= 4 is 5.69 Å². The van der Waals surface area contributed by atoms with Gasteiger partial charge in [0.05, 0.1) is 6.04 Å². The molecule has 0 aliphatic rings. The minimum atomic E-state index is 0.818. The first-order chi connectivity index (χ1) is 6.66. The molecule has 0 amide bonds. The molecule has 1 radical (unpaired) electrons. The Morgan fingerprint density at radius 2 is 2.07 bits per heavy atom. The first kappa shape index (κ1) is 10.8. The molecule has 2 nitrogen and oxygen atoms in total. The highest BCUT2D eigenvalue weighted by molar-refractivity contribution is 5.53. The van der Waals surface area contributed by atoms with Crippen LogP contribution in [0.4, 0.5) is 5.69 Å². The Kier molecular flexibility index (Phi) is 3.72. The van der Waals surface area contributed by atoms with Gasteiger partial charge in [-0.2, -0.15) is 0 Å². The highest BCUT2D eigenvalue weighted by Crippen LogP contribution is 2.25. The Hall–Kier alpha value is -1.28. The summed E-state index contributed by atoms with van der Waals surface area (Å²) in [4.78, 5) is 2.08. The van der Waals surface area contributed by atoms with Gasteiger partial charge < -0.3 is 5.73 Å². The smallest absolute Gasteiger partial charge is 0.0742 e. The third-order valence-electron chi connectivity index (χ3n) is 2.15. The molecule has 1 rings (SSSR count). The van der Waals surface area contributed by atoms with Crippen molar-refractivity contribution in [2.45, 2.75) is 6.42 Å². The van der Waals surface area contributed by atoms with Gasteiger partial charge in [-0.15, -0.1) is 6.58 Å². The molecule has 0 aliphatic carbocycles. The highest BCUT2D eigenvalue weighted by atomic mass is 15.1. The molecule has 0 saturated heterocycles. The molecule has 2 N–H and O–H groups in total. The second-order valence-corrected chi connectivity index (χ2v) is 3.42. The van der Waals surface area contributed by atoms with E-state index in [1.54, 1.807) is 0 Å². The van der Waals surface area contributed by atoms with Gasteiger partial charge in [0.1, 0.15) is 0 Å². The summed E-state index contributed by atoms with van der Waals surface area (Å²) < 4.78 is 0. The number of nitrogens with two attached hydrogens (primary N) is 1. The van der Waals surface area contributed by atoms with Crippen LogP contribution in [0.2, 0.25) is 0 Å². The number of para-hydroxylation sites is 1. The van der Waals surface area contributed by atoms with E-state index >= 15 is 0 Å². The summed E-state index contributed by atoms with van der Waals surface area (Å²) in [7, 11) is 4.04. The zero-order valence-electron chi connectivity index (χ0n) is 8.83. The van der Waals surface area contributed by atoms with Crippen LogP contribution >= 0.6 is 0 Å². The van der Waals surface area contributed by atoms with Crippen molar-refractivity contribution in [3.63, 3.8) is 0 Å². The standard InChI is InChI=1S/C12H17N2/c1-4-7-12(14(2)3)10-8-5-6-9-11(10)13/h4-6,8-9H,1,7,13H2,2-3H3. The topological polar surface area (TPSA) is 29.3 Å². The summed E-state index contributed by atoms with van der Waals surface area (Å²) >= 11 is 0. The van der Waals surface area contributed by atoms with Crippen LogP contribution in [-0.2, 0) is 0 Å². The lowest BCUT2D eigenvalue weighted by Crippen LogP contribution is -2.21. The van der Waals surface area contributed by atoms with Crippen molar-refractivity contribution in [3.8, 4) is 0 Å². The van der Waals surface area contributed by atoms with Crippen molar-refractivity contribution in [3.05, 3.63) is 48.5 Å². The quantitative estimate of drug-likeness (QED) is 0.581. The van der Waals surface area contributed by atoms with Gasteiger partial charge in [-0.05, 0) is 32.1 Å². The monoisotopic (exact) mass is 189 g/mol. The summed E-state index contributed by atoms with van der Waals surface area (Å²) in [5, 5.41) is 0. The number of hydrogen-bond donors (Lipinski definition) is 1. The predicted octanol–water partition coefficient (Wildman–Crippen LogP) is 2.29. The van der Waals surface area contributed by atoms with Crippen molar-refractivity contribution in [2.75, 3.05) is 19.8 Å². The molecule has 0 aliphatic heterocycles. The van der Waals surface area contributed by atoms with E-state index in [9.17, 15) is 0 Å². The van der Waals surface area contributed by atoms with E-state index < -0.39 is 0 Å². The second-order valence-electron chi connectivity index (χ2n) is 3.42. The second kappa shape index (κ2) is 4.82. The first-order valence-corrected chi connectivity index (χ1v) is 4.65. The van der Waals surface area contributed by atoms with Crippen molar-refractivity contribution in [1.29, 1.82) is 0 Å². The van der Waals surface area contributed by atoms with Gasteiger partial charge >= 0.3 is 0 Å². The van der Waals surface area contributed by atoms with Crippen molar-refractivity contribution < 1.29 is 0 Å². The van der Waals surface area contributed by atoms with E-state index in [2.05, 4.69) is 11.5 Å². The van der Waals surface area contributed by atoms with Crippen LogP contribution in [-0.4, -0.2) is 19.0 Å². The van der Waals surface area contributed by atoms with Gasteiger partial charge in [0.2, 0.25) is 0 Å². The molecule has 0 unspecified atom stereocenters. The zero-order valence-corrected chi connectivity index (χ0v) is 8.83. The van der Waals surface area contributed by atoms with Crippen molar-refractivity contribution in [1.82, 2.24) is 4.90 Å². The van der Waals surface area contributed by atoms with Gasteiger partial charge in [0.25, 0.3) is 0 Å². The number of rotatable bonds is 4. The molecule has 0 bridgehead atoms. The molecule has 0 fully saturated rings. The van der Waals surface area contributed by atoms with Gasteiger partial charge in [-0.1, -0.05) is 24.3 Å². The fraction of sp³-hybridized carbons (Fsp3) is 0.250. The lowest BCUT2D eigenvalue weighted by atomic mass is 10.0. The van der Waals surface area contributed by atoms with E-state index in [0.717, 1.165) is 17.7 Å². The van der Waals surface area contributed by atoms with Crippen LogP contribution in [0.1, 0.15) is 12.0 Å². The Balaban J connectivity index is 2.98. The van der Waals surface area contributed by atoms with Gasteiger partial charge in [-0.3, -0.25) is 4.90 Å². The third-order valence-corrected chi connectivity index (χ3v) is 2.15. The average molecular weight is 189 g/mol. The molecule has 75 valence electrons. The normalized spacial score (nSPS) is 10.9. The molecular formula is C12H17N2. The molecule has 1 aromatic rings. The SMILES string of the molecule is C=CC[C](c1ccccc1N)N(C)C. The summed E-state index contributed by atoms with van der Waals surface area (Å²) in [5.41, 5.74) is 7.82. The Bertz CT molecular complexity index is 305. The summed E-state index contributed by atoms with van der Waals surface area (Å²) in [5.74, 6) is 0. The van der Waals surface area contributed by atoms with E-state index in [-0.39, 0.29) is 0 Å². The average Bonchev–Trinajstić information content (AvgIpc) is 2.15. The van der Waals surface area contributed by atoms with Crippen LogP contribution in [0.3, 0.4) is 0 Å². The highest BCUT2D eigenvalue weighted by Gasteiger charge is 2.15. The molecule has 0 spiro atoms. The van der Waals surface area contributed by atoms with E-state index in [4.69, 9.17) is 5.73 Å². The Labute approximate surface area is 86.0 Å². The fourth-order valence-corrected chi connectivity index (χ4v) is 1.43. The lowest BCUT2D eigenvalue weighted by molar-refractivity contribution is 0.435. The number of anilines is 1. The molecular weight excluding hydrogens is 172 g/mol. The van der Waals surface area contributed by atoms with Crippen molar-refractivity contribution in [2.24, 2.45) is 0 Å². The number of hydrogen-bond acceptors (Lipinski definition) is 2. The molecule has 0 saturated carbocycles. The van der Waals surface area contributed by atoms with Gasteiger partial charge in [-0.25, -0.2) is 0 Å². The molecule has 0 atom stereocenters.